The van der Waals surface area contributed by atoms with E-state index in [1.165, 1.54) is 0 Å². The van der Waals surface area contributed by atoms with Crippen molar-refractivity contribution in [2.75, 3.05) is 19.8 Å². The molecule has 1 aliphatic heterocycles. The molecule has 1 aromatic carbocycles. The SMILES string of the molecule is CCCOc1ccccc1C(=O)N[C@@H]1CCOC[C@H]1O. The zero-order valence-corrected chi connectivity index (χ0v) is 11.7. The van der Waals surface area contributed by atoms with Crippen LogP contribution in [0.5, 0.6) is 5.75 Å². The van der Waals surface area contributed by atoms with Crippen molar-refractivity contribution >= 4 is 5.91 Å². The molecule has 1 heterocycles. The monoisotopic (exact) mass is 279 g/mol. The van der Waals surface area contributed by atoms with Crippen LogP contribution in [0, 0.1) is 0 Å². The van der Waals surface area contributed by atoms with Crippen LogP contribution in [-0.4, -0.2) is 43.0 Å². The lowest BCUT2D eigenvalue weighted by Gasteiger charge is -2.28. The largest absolute Gasteiger partial charge is 0.493 e. The van der Waals surface area contributed by atoms with Gasteiger partial charge in [-0.1, -0.05) is 19.1 Å². The van der Waals surface area contributed by atoms with Gasteiger partial charge in [0.1, 0.15) is 5.75 Å². The zero-order chi connectivity index (χ0) is 14.4. The summed E-state index contributed by atoms with van der Waals surface area (Å²) < 4.78 is 10.7. The topological polar surface area (TPSA) is 67.8 Å². The van der Waals surface area contributed by atoms with E-state index in [1.807, 2.05) is 13.0 Å². The van der Waals surface area contributed by atoms with Gasteiger partial charge >= 0.3 is 0 Å². The van der Waals surface area contributed by atoms with Crippen molar-refractivity contribution in [1.29, 1.82) is 0 Å². The van der Waals surface area contributed by atoms with Gasteiger partial charge in [-0.25, -0.2) is 0 Å². The van der Waals surface area contributed by atoms with E-state index in [-0.39, 0.29) is 18.6 Å². The molecule has 0 aliphatic carbocycles. The van der Waals surface area contributed by atoms with Gasteiger partial charge in [0, 0.05) is 6.61 Å². The Morgan fingerprint density at radius 2 is 2.30 bits per heavy atom. The van der Waals surface area contributed by atoms with Gasteiger partial charge in [0.25, 0.3) is 5.91 Å². The van der Waals surface area contributed by atoms with E-state index < -0.39 is 6.10 Å². The third-order valence-electron chi connectivity index (χ3n) is 3.24. The zero-order valence-electron chi connectivity index (χ0n) is 11.7. The Balaban J connectivity index is 2.04. The van der Waals surface area contributed by atoms with Crippen LogP contribution >= 0.6 is 0 Å². The molecule has 0 saturated carbocycles. The van der Waals surface area contributed by atoms with Gasteiger partial charge in [-0.3, -0.25) is 4.79 Å². The normalized spacial score (nSPS) is 22.3. The maximum Gasteiger partial charge on any atom is 0.255 e. The van der Waals surface area contributed by atoms with Crippen LogP contribution in [0.1, 0.15) is 30.1 Å². The first-order valence-corrected chi connectivity index (χ1v) is 7.01. The lowest BCUT2D eigenvalue weighted by molar-refractivity contribution is -0.0261. The molecular formula is C15H21NO4. The number of amides is 1. The molecule has 2 N–H and O–H groups in total. The van der Waals surface area contributed by atoms with Gasteiger partial charge in [-0.05, 0) is 25.0 Å². The molecule has 0 spiro atoms. The minimum absolute atomic E-state index is 0.220. The third-order valence-corrected chi connectivity index (χ3v) is 3.24. The molecule has 1 aromatic rings. The summed E-state index contributed by atoms with van der Waals surface area (Å²) in [7, 11) is 0. The molecule has 1 aliphatic rings. The van der Waals surface area contributed by atoms with Crippen LogP contribution in [0.3, 0.4) is 0 Å². The van der Waals surface area contributed by atoms with E-state index in [0.717, 1.165) is 6.42 Å². The molecule has 2 atom stereocenters. The van der Waals surface area contributed by atoms with Crippen molar-refractivity contribution in [3.63, 3.8) is 0 Å². The predicted octanol–water partition coefficient (Wildman–Crippen LogP) is 1.35. The van der Waals surface area contributed by atoms with E-state index in [4.69, 9.17) is 9.47 Å². The average molecular weight is 279 g/mol. The van der Waals surface area contributed by atoms with Crippen molar-refractivity contribution in [3.05, 3.63) is 29.8 Å². The molecule has 5 heteroatoms. The van der Waals surface area contributed by atoms with Gasteiger partial charge in [0.05, 0.1) is 30.9 Å². The molecule has 1 amide bonds. The Morgan fingerprint density at radius 3 is 3.05 bits per heavy atom. The number of aliphatic hydroxyl groups is 1. The summed E-state index contributed by atoms with van der Waals surface area (Å²) in [5.74, 6) is 0.357. The summed E-state index contributed by atoms with van der Waals surface area (Å²) in [6.45, 7) is 3.40. The summed E-state index contributed by atoms with van der Waals surface area (Å²) in [5, 5.41) is 12.7. The first-order valence-electron chi connectivity index (χ1n) is 7.01. The first kappa shape index (κ1) is 14.8. The number of hydrogen-bond donors (Lipinski definition) is 2. The fourth-order valence-electron chi connectivity index (χ4n) is 2.13. The van der Waals surface area contributed by atoms with Gasteiger partial charge in [-0.15, -0.1) is 0 Å². The molecule has 110 valence electrons. The molecule has 2 rings (SSSR count). The van der Waals surface area contributed by atoms with Crippen LogP contribution in [0.2, 0.25) is 0 Å². The van der Waals surface area contributed by atoms with Gasteiger partial charge in [0.2, 0.25) is 0 Å². The van der Waals surface area contributed by atoms with E-state index in [2.05, 4.69) is 5.32 Å². The van der Waals surface area contributed by atoms with Crippen molar-refractivity contribution < 1.29 is 19.4 Å². The highest BCUT2D eigenvalue weighted by Crippen LogP contribution is 2.19. The minimum Gasteiger partial charge on any atom is -0.493 e. The third kappa shape index (κ3) is 3.71. The molecule has 0 bridgehead atoms. The Bertz CT molecular complexity index is 449. The van der Waals surface area contributed by atoms with Crippen LogP contribution in [-0.2, 0) is 4.74 Å². The quantitative estimate of drug-likeness (QED) is 0.854. The molecule has 20 heavy (non-hydrogen) atoms. The maximum absolute atomic E-state index is 12.3. The second-order valence-electron chi connectivity index (χ2n) is 4.86. The molecule has 5 nitrogen and oxygen atoms in total. The van der Waals surface area contributed by atoms with Crippen molar-refractivity contribution in [1.82, 2.24) is 5.32 Å². The van der Waals surface area contributed by atoms with Crippen molar-refractivity contribution in [2.24, 2.45) is 0 Å². The summed E-state index contributed by atoms with van der Waals surface area (Å²) in [6, 6.07) is 6.88. The standard InChI is InChI=1S/C15H21NO4/c1-2-8-20-14-6-4-3-5-11(14)15(18)16-12-7-9-19-10-13(12)17/h3-6,12-13,17H,2,7-10H2,1H3,(H,16,18)/t12-,13-/m1/s1. The average Bonchev–Trinajstić information content (AvgIpc) is 2.47. The molecule has 1 fully saturated rings. The Morgan fingerprint density at radius 1 is 1.50 bits per heavy atom. The van der Waals surface area contributed by atoms with Crippen molar-refractivity contribution in [2.45, 2.75) is 31.9 Å². The van der Waals surface area contributed by atoms with Gasteiger partial charge < -0.3 is 19.9 Å². The summed E-state index contributed by atoms with van der Waals surface area (Å²) in [4.78, 5) is 12.3. The maximum atomic E-state index is 12.3. The molecule has 0 unspecified atom stereocenters. The second kappa shape index (κ2) is 7.26. The summed E-state index contributed by atoms with van der Waals surface area (Å²) in [6.07, 6.45) is 0.843. The van der Waals surface area contributed by atoms with Crippen LogP contribution in [0.15, 0.2) is 24.3 Å². The van der Waals surface area contributed by atoms with E-state index in [0.29, 0.717) is 30.9 Å². The van der Waals surface area contributed by atoms with Crippen LogP contribution < -0.4 is 10.1 Å². The highest BCUT2D eigenvalue weighted by Gasteiger charge is 2.26. The Hall–Kier alpha value is -1.59. The molecular weight excluding hydrogens is 258 g/mol. The van der Waals surface area contributed by atoms with Crippen LogP contribution in [0.4, 0.5) is 0 Å². The number of carbonyl (C=O) groups excluding carboxylic acids is 1. The number of para-hydroxylation sites is 1. The minimum atomic E-state index is -0.656. The van der Waals surface area contributed by atoms with E-state index in [9.17, 15) is 9.90 Å². The predicted molar refractivity (Wildman–Crippen MR) is 74.9 cm³/mol. The summed E-state index contributed by atoms with van der Waals surface area (Å²) in [5.41, 5.74) is 0.500. The van der Waals surface area contributed by atoms with E-state index in [1.54, 1.807) is 18.2 Å². The smallest absolute Gasteiger partial charge is 0.255 e. The number of ether oxygens (including phenoxy) is 2. The Labute approximate surface area is 118 Å². The number of hydrogen-bond acceptors (Lipinski definition) is 4. The fraction of sp³-hybridized carbons (Fsp3) is 0.533. The van der Waals surface area contributed by atoms with Crippen molar-refractivity contribution in [3.8, 4) is 5.75 Å². The summed E-state index contributed by atoms with van der Waals surface area (Å²) >= 11 is 0. The van der Waals surface area contributed by atoms with Gasteiger partial charge in [-0.2, -0.15) is 0 Å². The number of benzene rings is 1. The highest BCUT2D eigenvalue weighted by molar-refractivity contribution is 5.97. The fourth-order valence-corrected chi connectivity index (χ4v) is 2.13. The lowest BCUT2D eigenvalue weighted by Crippen LogP contribution is -2.48. The highest BCUT2D eigenvalue weighted by atomic mass is 16.5. The molecule has 0 radical (unpaired) electrons. The van der Waals surface area contributed by atoms with Crippen LogP contribution in [0.25, 0.3) is 0 Å². The number of rotatable bonds is 5. The Kier molecular flexibility index (Phi) is 5.38. The molecule has 0 aromatic heterocycles. The molecule has 1 saturated heterocycles. The first-order chi connectivity index (χ1) is 9.72. The van der Waals surface area contributed by atoms with E-state index >= 15 is 0 Å². The number of carbonyl (C=O) groups is 1. The second-order valence-corrected chi connectivity index (χ2v) is 4.86. The number of aliphatic hydroxyl groups excluding tert-OH is 1. The lowest BCUT2D eigenvalue weighted by atomic mass is 10.1. The van der Waals surface area contributed by atoms with Gasteiger partial charge in [0.15, 0.2) is 0 Å². The number of nitrogens with one attached hydrogen (secondary N) is 1.